The molecule has 0 saturated carbocycles. The van der Waals surface area contributed by atoms with Crippen molar-refractivity contribution in [2.24, 2.45) is 0 Å². The maximum atomic E-state index is 10.5. The summed E-state index contributed by atoms with van der Waals surface area (Å²) < 4.78 is 0. The number of hydrogen-bond acceptors (Lipinski definition) is 5. The van der Waals surface area contributed by atoms with Crippen LogP contribution in [0.3, 0.4) is 0 Å². The second-order valence-electron chi connectivity index (χ2n) is 5.91. The van der Waals surface area contributed by atoms with Gasteiger partial charge in [0.2, 0.25) is 0 Å². The van der Waals surface area contributed by atoms with E-state index in [1.165, 1.54) is 0 Å². The number of aryl methyl sites for hydroxylation is 1. The Kier molecular flexibility index (Phi) is 4.50. The summed E-state index contributed by atoms with van der Waals surface area (Å²) in [5.74, 6) is 0.864. The fourth-order valence-corrected chi connectivity index (χ4v) is 2.58. The Bertz CT molecular complexity index is 396. The average molecular weight is 264 g/mol. The molecule has 0 bridgehead atoms. The Morgan fingerprint density at radius 3 is 2.37 bits per heavy atom. The van der Waals surface area contributed by atoms with E-state index in [4.69, 9.17) is 0 Å². The van der Waals surface area contributed by atoms with Gasteiger partial charge in [-0.1, -0.05) is 0 Å². The Hall–Kier alpha value is -1.04. The summed E-state index contributed by atoms with van der Waals surface area (Å²) in [5, 5.41) is 10.5. The molecule has 1 aromatic rings. The number of likely N-dealkylation sites (tertiary alicyclic amines) is 1. The first-order valence-corrected chi connectivity index (χ1v) is 6.84. The highest BCUT2D eigenvalue weighted by Crippen LogP contribution is 2.23. The maximum absolute atomic E-state index is 10.5. The van der Waals surface area contributed by atoms with Gasteiger partial charge in [-0.15, -0.1) is 0 Å². The van der Waals surface area contributed by atoms with Crippen LogP contribution in [-0.4, -0.2) is 64.2 Å². The first kappa shape index (κ1) is 14.4. The van der Waals surface area contributed by atoms with Crippen molar-refractivity contribution < 1.29 is 5.11 Å². The zero-order valence-corrected chi connectivity index (χ0v) is 12.1. The summed E-state index contributed by atoms with van der Waals surface area (Å²) in [7, 11) is 4.01. The van der Waals surface area contributed by atoms with E-state index in [0.717, 1.165) is 50.4 Å². The molecule has 106 valence electrons. The van der Waals surface area contributed by atoms with E-state index in [-0.39, 0.29) is 0 Å². The van der Waals surface area contributed by atoms with Crippen molar-refractivity contribution in [1.82, 2.24) is 19.8 Å². The molecule has 5 heteroatoms. The third kappa shape index (κ3) is 4.23. The highest BCUT2D eigenvalue weighted by Gasteiger charge is 2.32. The van der Waals surface area contributed by atoms with Gasteiger partial charge in [0.25, 0.3) is 0 Å². The molecular formula is C14H24N4O. The van der Waals surface area contributed by atoms with Crippen LogP contribution in [0.4, 0.5) is 0 Å². The van der Waals surface area contributed by atoms with Crippen LogP contribution in [0, 0.1) is 6.92 Å². The van der Waals surface area contributed by atoms with Gasteiger partial charge in [-0.25, -0.2) is 9.97 Å². The predicted molar refractivity (Wildman–Crippen MR) is 74.8 cm³/mol. The second kappa shape index (κ2) is 5.94. The van der Waals surface area contributed by atoms with Crippen molar-refractivity contribution in [3.8, 4) is 0 Å². The molecule has 1 fully saturated rings. The third-order valence-electron chi connectivity index (χ3n) is 3.60. The topological polar surface area (TPSA) is 52.5 Å². The first-order chi connectivity index (χ1) is 8.97. The number of rotatable bonds is 4. The van der Waals surface area contributed by atoms with Gasteiger partial charge in [-0.3, -0.25) is 4.90 Å². The maximum Gasteiger partial charge on any atom is 0.142 e. The van der Waals surface area contributed by atoms with Gasteiger partial charge in [0.15, 0.2) is 0 Å². The lowest BCUT2D eigenvalue weighted by Crippen LogP contribution is -2.49. The molecule has 1 aliphatic heterocycles. The highest BCUT2D eigenvalue weighted by atomic mass is 16.3. The van der Waals surface area contributed by atoms with Crippen LogP contribution >= 0.6 is 0 Å². The number of aliphatic hydroxyl groups is 1. The molecule has 1 aliphatic rings. The van der Waals surface area contributed by atoms with E-state index in [1.54, 1.807) is 0 Å². The average Bonchev–Trinajstić information content (AvgIpc) is 2.34. The molecule has 0 unspecified atom stereocenters. The summed E-state index contributed by atoms with van der Waals surface area (Å²) in [6.07, 6.45) is 5.34. The first-order valence-electron chi connectivity index (χ1n) is 6.84. The molecule has 2 heterocycles. The minimum Gasteiger partial charge on any atom is -0.388 e. The van der Waals surface area contributed by atoms with Gasteiger partial charge < -0.3 is 10.0 Å². The van der Waals surface area contributed by atoms with Crippen molar-refractivity contribution in [2.75, 3.05) is 33.7 Å². The van der Waals surface area contributed by atoms with Crippen LogP contribution in [0.5, 0.6) is 0 Å². The monoisotopic (exact) mass is 264 g/mol. The molecule has 0 aliphatic carbocycles. The van der Waals surface area contributed by atoms with Crippen molar-refractivity contribution in [2.45, 2.75) is 31.9 Å². The van der Waals surface area contributed by atoms with Crippen LogP contribution in [-0.2, 0) is 6.54 Å². The van der Waals surface area contributed by atoms with Crippen molar-refractivity contribution >= 4 is 0 Å². The van der Waals surface area contributed by atoms with E-state index in [0.29, 0.717) is 0 Å². The van der Waals surface area contributed by atoms with E-state index in [2.05, 4.69) is 19.8 Å². The van der Waals surface area contributed by atoms with Gasteiger partial charge >= 0.3 is 0 Å². The minimum absolute atomic E-state index is 0.534. The smallest absolute Gasteiger partial charge is 0.142 e. The third-order valence-corrected chi connectivity index (χ3v) is 3.60. The van der Waals surface area contributed by atoms with E-state index < -0.39 is 5.60 Å². The lowest BCUT2D eigenvalue weighted by Gasteiger charge is -2.39. The molecule has 1 N–H and O–H groups in total. The summed E-state index contributed by atoms with van der Waals surface area (Å²) in [6.45, 7) is 5.31. The van der Waals surface area contributed by atoms with Gasteiger partial charge in [0.05, 0.1) is 12.1 Å². The lowest BCUT2D eigenvalue weighted by molar-refractivity contribution is -0.0392. The molecule has 0 atom stereocenters. The number of likely N-dealkylation sites (N-methyl/N-ethyl adjacent to an activating group) is 1. The highest BCUT2D eigenvalue weighted by molar-refractivity contribution is 5.02. The van der Waals surface area contributed by atoms with E-state index in [9.17, 15) is 5.11 Å². The van der Waals surface area contributed by atoms with Crippen molar-refractivity contribution in [3.63, 3.8) is 0 Å². The summed E-state index contributed by atoms with van der Waals surface area (Å²) in [6, 6.07) is 0. The summed E-state index contributed by atoms with van der Waals surface area (Å²) in [5.41, 5.74) is 0.552. The minimum atomic E-state index is -0.534. The molecule has 0 aromatic carbocycles. The summed E-state index contributed by atoms with van der Waals surface area (Å²) >= 11 is 0. The Labute approximate surface area is 115 Å². The van der Waals surface area contributed by atoms with Crippen LogP contribution in [0.1, 0.15) is 24.2 Å². The normalized spacial score (nSPS) is 19.8. The van der Waals surface area contributed by atoms with Crippen LogP contribution in [0.15, 0.2) is 12.4 Å². The second-order valence-corrected chi connectivity index (χ2v) is 5.91. The van der Waals surface area contributed by atoms with Gasteiger partial charge in [0.1, 0.15) is 5.82 Å². The molecular weight excluding hydrogens is 240 g/mol. The zero-order chi connectivity index (χ0) is 13.9. The molecule has 0 radical (unpaired) electrons. The van der Waals surface area contributed by atoms with Gasteiger partial charge in [-0.2, -0.15) is 0 Å². The SMILES string of the molecule is Cc1cnc(CN2CCC(O)(CN(C)C)CC2)nc1. The van der Waals surface area contributed by atoms with Crippen molar-refractivity contribution in [1.29, 1.82) is 0 Å². The quantitative estimate of drug-likeness (QED) is 0.866. The fourth-order valence-electron chi connectivity index (χ4n) is 2.58. The van der Waals surface area contributed by atoms with Crippen molar-refractivity contribution in [3.05, 3.63) is 23.8 Å². The Morgan fingerprint density at radius 1 is 1.26 bits per heavy atom. The number of hydrogen-bond donors (Lipinski definition) is 1. The fraction of sp³-hybridized carbons (Fsp3) is 0.714. The number of piperidine rings is 1. The Morgan fingerprint density at radius 2 is 1.84 bits per heavy atom. The van der Waals surface area contributed by atoms with E-state index in [1.807, 2.05) is 33.4 Å². The summed E-state index contributed by atoms with van der Waals surface area (Å²) in [4.78, 5) is 13.0. The molecule has 0 amide bonds. The molecule has 1 aromatic heterocycles. The lowest BCUT2D eigenvalue weighted by atomic mass is 9.91. The molecule has 0 spiro atoms. The molecule has 19 heavy (non-hydrogen) atoms. The van der Waals surface area contributed by atoms with Gasteiger partial charge in [0, 0.05) is 32.0 Å². The van der Waals surface area contributed by atoms with Crippen LogP contribution in [0.2, 0.25) is 0 Å². The zero-order valence-electron chi connectivity index (χ0n) is 12.1. The van der Waals surface area contributed by atoms with Gasteiger partial charge in [-0.05, 0) is 39.4 Å². The van der Waals surface area contributed by atoms with E-state index >= 15 is 0 Å². The standard InChI is InChI=1S/C14H24N4O/c1-12-8-15-13(16-9-12)10-18-6-4-14(19,5-7-18)11-17(2)3/h8-9,19H,4-7,10-11H2,1-3H3. The predicted octanol–water partition coefficient (Wildman–Crippen LogP) is 0.674. The van der Waals surface area contributed by atoms with Crippen LogP contribution in [0.25, 0.3) is 0 Å². The Balaban J connectivity index is 1.85. The molecule has 1 saturated heterocycles. The molecule has 5 nitrogen and oxygen atoms in total. The molecule has 2 rings (SSSR count). The number of aromatic nitrogens is 2. The largest absolute Gasteiger partial charge is 0.388 e. The van der Waals surface area contributed by atoms with Crippen LogP contribution < -0.4 is 0 Å². The number of nitrogens with zero attached hydrogens (tertiary/aromatic N) is 4.